The number of rotatable bonds is 3. The van der Waals surface area contributed by atoms with Gasteiger partial charge >= 0.3 is 0 Å². The highest BCUT2D eigenvalue weighted by Crippen LogP contribution is 2.21. The zero-order chi connectivity index (χ0) is 25.6. The average molecular weight is 463 g/mol. The predicted molar refractivity (Wildman–Crippen MR) is 142 cm³/mol. The zero-order valence-electron chi connectivity index (χ0n) is 22.1. The largest absolute Gasteiger partial charge is 0.293 e. The van der Waals surface area contributed by atoms with Crippen molar-refractivity contribution in [2.24, 2.45) is 0 Å². The van der Waals surface area contributed by atoms with Crippen molar-refractivity contribution >= 4 is 21.8 Å². The third-order valence-corrected chi connectivity index (χ3v) is 5.70. The van der Waals surface area contributed by atoms with Crippen LogP contribution in [0.2, 0.25) is 0 Å². The van der Waals surface area contributed by atoms with Crippen LogP contribution in [0, 0.1) is 6.92 Å². The van der Waals surface area contributed by atoms with Crippen LogP contribution in [0.1, 0.15) is 90.3 Å². The molecule has 0 aliphatic heterocycles. The van der Waals surface area contributed by atoms with Crippen molar-refractivity contribution in [1.29, 1.82) is 0 Å². The molecule has 5 heteroatoms. The van der Waals surface area contributed by atoms with Gasteiger partial charge in [-0.1, -0.05) is 65.8 Å². The monoisotopic (exact) mass is 462 g/mol. The second kappa shape index (κ2) is 11.8. The molecule has 2 aromatic carbocycles. The molecule has 5 nitrogen and oxygen atoms in total. The molecule has 2 heterocycles. The quantitative estimate of drug-likeness (QED) is 0.265. The van der Waals surface area contributed by atoms with Gasteiger partial charge in [-0.25, -0.2) is 4.98 Å². The third-order valence-electron chi connectivity index (χ3n) is 5.70. The second-order valence-electron chi connectivity index (χ2n) is 9.12. The first-order valence-electron chi connectivity index (χ1n) is 12.3. The summed E-state index contributed by atoms with van der Waals surface area (Å²) in [6.07, 6.45) is 0. The standard InChI is InChI=1S/C14H18N2O.C13H16NO.C2H6/c1-9(2)13-15-12-8-6-5-7-11(12)14(17)16(13)10(3)4;1-9(2)12-8-11-6-4-5-7-13(11)14(15)10(12)3;1-2/h5-10H,1-4H3;4-9,15H,1-3H3;1-2H3/q;+1;. The maximum Gasteiger partial charge on any atom is 0.264 e. The molecule has 182 valence electrons. The van der Waals surface area contributed by atoms with E-state index in [0.717, 1.165) is 27.9 Å². The smallest absolute Gasteiger partial charge is 0.264 e. The molecule has 0 fully saturated rings. The topological polar surface area (TPSA) is 59.0 Å². The molecule has 0 aliphatic carbocycles. The molecule has 1 N–H and O–H groups in total. The molecule has 2 aromatic heterocycles. The normalized spacial score (nSPS) is 10.9. The van der Waals surface area contributed by atoms with Crippen molar-refractivity contribution in [3.63, 3.8) is 0 Å². The summed E-state index contributed by atoms with van der Waals surface area (Å²) in [5.74, 6) is 1.53. The van der Waals surface area contributed by atoms with Gasteiger partial charge < -0.3 is 0 Å². The lowest BCUT2D eigenvalue weighted by Gasteiger charge is -2.18. The molecule has 0 amide bonds. The molecule has 0 spiro atoms. The fraction of sp³-hybridized carbons (Fsp3) is 0.414. The highest BCUT2D eigenvalue weighted by molar-refractivity contribution is 5.77. The van der Waals surface area contributed by atoms with E-state index in [-0.39, 0.29) is 17.5 Å². The highest BCUT2D eigenvalue weighted by Gasteiger charge is 2.18. The molecule has 0 saturated heterocycles. The molecular weight excluding hydrogens is 422 g/mol. The molecule has 34 heavy (non-hydrogen) atoms. The summed E-state index contributed by atoms with van der Waals surface area (Å²) >= 11 is 0. The summed E-state index contributed by atoms with van der Waals surface area (Å²) in [5, 5.41) is 11.8. The van der Waals surface area contributed by atoms with Crippen molar-refractivity contribution in [1.82, 2.24) is 9.55 Å². The molecule has 0 atom stereocenters. The van der Waals surface area contributed by atoms with E-state index >= 15 is 0 Å². The van der Waals surface area contributed by atoms with Crippen LogP contribution < -0.4 is 10.3 Å². The van der Waals surface area contributed by atoms with Crippen molar-refractivity contribution in [2.75, 3.05) is 0 Å². The molecule has 0 radical (unpaired) electrons. The van der Waals surface area contributed by atoms with Crippen LogP contribution in [-0.2, 0) is 0 Å². The van der Waals surface area contributed by atoms with Gasteiger partial charge in [0.1, 0.15) is 5.82 Å². The Morgan fingerprint density at radius 3 is 2.06 bits per heavy atom. The van der Waals surface area contributed by atoms with E-state index in [1.54, 1.807) is 4.57 Å². The van der Waals surface area contributed by atoms with E-state index in [0.29, 0.717) is 11.3 Å². The van der Waals surface area contributed by atoms with Gasteiger partial charge in [0, 0.05) is 35.2 Å². The Bertz CT molecular complexity index is 1300. The molecular formula is C29H40N3O2+. The van der Waals surface area contributed by atoms with Crippen LogP contribution >= 0.6 is 0 Å². The van der Waals surface area contributed by atoms with Crippen LogP contribution in [0.4, 0.5) is 0 Å². The minimum Gasteiger partial charge on any atom is -0.293 e. The van der Waals surface area contributed by atoms with E-state index in [1.807, 2.05) is 83.1 Å². The Morgan fingerprint density at radius 2 is 1.47 bits per heavy atom. The van der Waals surface area contributed by atoms with Gasteiger partial charge in [-0.2, -0.15) is 0 Å². The van der Waals surface area contributed by atoms with Gasteiger partial charge in [0.15, 0.2) is 0 Å². The van der Waals surface area contributed by atoms with Gasteiger partial charge in [0.05, 0.1) is 16.3 Å². The van der Waals surface area contributed by atoms with Gasteiger partial charge in [0.2, 0.25) is 5.69 Å². The van der Waals surface area contributed by atoms with E-state index in [9.17, 15) is 10.0 Å². The van der Waals surface area contributed by atoms with Crippen molar-refractivity contribution in [3.05, 3.63) is 82.0 Å². The lowest BCUT2D eigenvalue weighted by molar-refractivity contribution is -0.889. The third kappa shape index (κ3) is 5.64. The van der Waals surface area contributed by atoms with E-state index < -0.39 is 0 Å². The summed E-state index contributed by atoms with van der Waals surface area (Å²) in [6.45, 7) is 18.4. The highest BCUT2D eigenvalue weighted by atomic mass is 16.5. The number of benzene rings is 2. The van der Waals surface area contributed by atoms with Gasteiger partial charge in [-0.05, 0) is 44.0 Å². The minimum atomic E-state index is 0.0642. The van der Waals surface area contributed by atoms with Crippen molar-refractivity contribution < 1.29 is 9.94 Å². The number of fused-ring (bicyclic) bond motifs is 2. The molecule has 0 bridgehead atoms. The molecule has 0 saturated carbocycles. The van der Waals surface area contributed by atoms with Gasteiger partial charge in [-0.15, -0.1) is 0 Å². The van der Waals surface area contributed by atoms with Crippen LogP contribution in [0.5, 0.6) is 0 Å². The summed E-state index contributed by atoms with van der Waals surface area (Å²) in [6, 6.07) is 17.7. The number of aromatic nitrogens is 3. The number of hydrogen-bond acceptors (Lipinski definition) is 3. The van der Waals surface area contributed by atoms with Crippen molar-refractivity contribution in [2.45, 2.75) is 80.2 Å². The van der Waals surface area contributed by atoms with E-state index in [1.165, 1.54) is 10.3 Å². The number of pyridine rings is 1. The molecule has 0 unspecified atom stereocenters. The Hall–Kier alpha value is -3.21. The first-order chi connectivity index (χ1) is 16.1. The Morgan fingerprint density at radius 1 is 0.882 bits per heavy atom. The van der Waals surface area contributed by atoms with Crippen molar-refractivity contribution in [3.8, 4) is 0 Å². The second-order valence-corrected chi connectivity index (χ2v) is 9.12. The molecule has 0 aliphatic rings. The van der Waals surface area contributed by atoms with Crippen LogP contribution in [0.25, 0.3) is 21.8 Å². The predicted octanol–water partition coefficient (Wildman–Crippen LogP) is 6.92. The average Bonchev–Trinajstić information content (AvgIpc) is 2.82. The van der Waals surface area contributed by atoms with Gasteiger partial charge in [0.25, 0.3) is 11.1 Å². The number of nitrogens with zero attached hydrogens (tertiary/aromatic N) is 3. The lowest BCUT2D eigenvalue weighted by atomic mass is 10.00. The first-order valence-corrected chi connectivity index (χ1v) is 12.3. The maximum atomic E-state index is 12.4. The Kier molecular flexibility index (Phi) is 9.36. The summed E-state index contributed by atoms with van der Waals surface area (Å²) in [7, 11) is 0. The fourth-order valence-electron chi connectivity index (χ4n) is 4.03. The summed E-state index contributed by atoms with van der Waals surface area (Å²) in [5.41, 5.74) is 3.83. The van der Waals surface area contributed by atoms with Crippen LogP contribution in [0.3, 0.4) is 0 Å². The van der Waals surface area contributed by atoms with E-state index in [4.69, 9.17) is 0 Å². The molecule has 4 rings (SSSR count). The summed E-state index contributed by atoms with van der Waals surface area (Å²) < 4.78 is 3.08. The van der Waals surface area contributed by atoms with Gasteiger partial charge in [-0.3, -0.25) is 14.6 Å². The van der Waals surface area contributed by atoms with Crippen LogP contribution in [0.15, 0.2) is 59.4 Å². The SMILES string of the molecule is CC.CC(C)c1nc2ccccc2c(=O)n1C(C)C.Cc1c(C(C)C)cc2ccccc2[n+]1O. The number of hydrogen-bond donors (Lipinski definition) is 1. The lowest BCUT2D eigenvalue weighted by Crippen LogP contribution is -2.36. The summed E-state index contributed by atoms with van der Waals surface area (Å²) in [4.78, 5) is 17.0. The Labute approximate surface area is 203 Å². The first kappa shape index (κ1) is 27.0. The van der Waals surface area contributed by atoms with E-state index in [2.05, 4.69) is 38.7 Å². The minimum absolute atomic E-state index is 0.0642. The zero-order valence-corrected chi connectivity index (χ0v) is 22.1. The Balaban J connectivity index is 0.000000225. The maximum absolute atomic E-state index is 12.4. The molecule has 4 aromatic rings. The van der Waals surface area contributed by atoms with Crippen LogP contribution in [-0.4, -0.2) is 14.8 Å². The number of para-hydroxylation sites is 2. The fourth-order valence-corrected chi connectivity index (χ4v) is 4.03.